The van der Waals surface area contributed by atoms with Crippen LogP contribution in [0.3, 0.4) is 0 Å². The molecule has 0 rings (SSSR count). The molecular weight excluding hydrogens is 408 g/mol. The van der Waals surface area contributed by atoms with E-state index in [1.807, 2.05) is 0 Å². The average molecular weight is 451 g/mol. The van der Waals surface area contributed by atoms with Crippen LogP contribution in [0.4, 0.5) is 0 Å². The lowest BCUT2D eigenvalue weighted by molar-refractivity contribution is 0.876. The molecule has 137 valence electrons. The zero-order valence-corrected chi connectivity index (χ0v) is 22.4. The maximum absolute atomic E-state index is 3.71. The Labute approximate surface area is 162 Å². The number of hydrogen-bond acceptors (Lipinski definition) is 0. The van der Waals surface area contributed by atoms with Crippen LogP contribution < -0.4 is 0 Å². The van der Waals surface area contributed by atoms with E-state index in [-0.39, 0.29) is 26.4 Å². The third-order valence-corrected chi connectivity index (χ3v) is 15.3. The fourth-order valence-corrected chi connectivity index (χ4v) is 13.4. The summed E-state index contributed by atoms with van der Waals surface area (Å²) in [6, 6.07) is 11.2. The first-order chi connectivity index (χ1) is 10.8. The third kappa shape index (κ3) is 14.2. The number of halogens is 1. The summed E-state index contributed by atoms with van der Waals surface area (Å²) in [5.74, 6) is 0. The predicted octanol–water partition coefficient (Wildman–Crippen LogP) is 7.65. The molecule has 0 aliphatic heterocycles. The molecule has 0 unspecified atom stereocenters. The van der Waals surface area contributed by atoms with Gasteiger partial charge in [0.15, 0.2) is 0 Å². The van der Waals surface area contributed by atoms with Crippen molar-refractivity contribution < 1.29 is 0 Å². The molecule has 0 amide bonds. The molecule has 0 heterocycles. The molecule has 0 aromatic carbocycles. The van der Waals surface area contributed by atoms with Gasteiger partial charge < -0.3 is 0 Å². The lowest BCUT2D eigenvalue weighted by Crippen LogP contribution is -2.34. The molecule has 0 aliphatic carbocycles. The first-order valence-electron chi connectivity index (χ1n) is 9.74. The van der Waals surface area contributed by atoms with Gasteiger partial charge in [0.2, 0.25) is 0 Å². The van der Waals surface area contributed by atoms with Gasteiger partial charge in [0.25, 0.3) is 0 Å². The van der Waals surface area contributed by atoms with Crippen molar-refractivity contribution in [2.75, 3.05) is 5.33 Å². The van der Waals surface area contributed by atoms with Crippen molar-refractivity contribution in [3.63, 3.8) is 0 Å². The molecule has 23 heavy (non-hydrogen) atoms. The highest BCUT2D eigenvalue weighted by molar-refractivity contribution is 9.09. The summed E-state index contributed by atoms with van der Waals surface area (Å²) in [5, 5.41) is 1.23. The van der Waals surface area contributed by atoms with E-state index in [9.17, 15) is 0 Å². The summed E-state index contributed by atoms with van der Waals surface area (Å²) in [5.41, 5.74) is 0. The molecule has 0 saturated carbocycles. The molecule has 0 saturated heterocycles. The van der Waals surface area contributed by atoms with E-state index in [1.54, 1.807) is 61.6 Å². The summed E-state index contributed by atoms with van der Waals surface area (Å²) < 4.78 is 0. The van der Waals surface area contributed by atoms with E-state index in [2.05, 4.69) is 55.2 Å². The van der Waals surface area contributed by atoms with Crippen molar-refractivity contribution >= 4 is 50.4 Å². The standard InChI is InChI=1S/C18H42BrSi4/c1-20(2)12-8-16-23(15-7-11-19,17-9-13-21(3)4)18-10-14-22(5)6/h7-18H2,1-6H3. The summed E-state index contributed by atoms with van der Waals surface area (Å²) >= 11 is 3.71. The van der Waals surface area contributed by atoms with E-state index < -0.39 is 8.07 Å². The minimum atomic E-state index is -0.998. The molecule has 0 aromatic heterocycles. The molecule has 0 aromatic rings. The smallest absolute Gasteiger partial charge is 0.0535 e. The van der Waals surface area contributed by atoms with Crippen molar-refractivity contribution in [3.8, 4) is 0 Å². The number of hydrogen-bond donors (Lipinski definition) is 0. The van der Waals surface area contributed by atoms with Crippen molar-refractivity contribution in [1.82, 2.24) is 0 Å². The second-order valence-corrected chi connectivity index (χ2v) is 23.0. The maximum Gasteiger partial charge on any atom is 0.0535 e. The average Bonchev–Trinajstić information content (AvgIpc) is 2.43. The Morgan fingerprint density at radius 1 is 0.565 bits per heavy atom. The molecule has 0 nitrogen and oxygen atoms in total. The fraction of sp³-hybridized carbons (Fsp3) is 1.00. The molecule has 3 radical (unpaired) electrons. The zero-order valence-electron chi connectivity index (χ0n) is 16.9. The van der Waals surface area contributed by atoms with Gasteiger partial charge >= 0.3 is 0 Å². The first kappa shape index (κ1) is 24.3. The van der Waals surface area contributed by atoms with Crippen LogP contribution in [0.2, 0.25) is 81.6 Å². The molecule has 0 N–H and O–H groups in total. The Morgan fingerprint density at radius 2 is 0.870 bits per heavy atom. The maximum atomic E-state index is 3.71. The lowest BCUT2D eigenvalue weighted by Gasteiger charge is -2.33. The van der Waals surface area contributed by atoms with Crippen LogP contribution in [-0.4, -0.2) is 39.8 Å². The molecule has 5 heteroatoms. The SMILES string of the molecule is C[Si](C)CCC[Si](CCCBr)(CCC[Si](C)C)CCC[Si](C)C. The summed E-state index contributed by atoms with van der Waals surface area (Å²) in [7, 11) is -1.06. The van der Waals surface area contributed by atoms with E-state index in [0.29, 0.717) is 0 Å². The van der Waals surface area contributed by atoms with Crippen LogP contribution in [0.1, 0.15) is 25.7 Å². The Morgan fingerprint density at radius 3 is 1.13 bits per heavy atom. The summed E-state index contributed by atoms with van der Waals surface area (Å²) in [4.78, 5) is 0. The van der Waals surface area contributed by atoms with Gasteiger partial charge in [0.05, 0.1) is 8.07 Å². The molecule has 0 aliphatic rings. The highest BCUT2D eigenvalue weighted by Crippen LogP contribution is 2.34. The Hall–Kier alpha value is 1.35. The Bertz CT molecular complexity index is 234. The van der Waals surface area contributed by atoms with Gasteiger partial charge in [-0.3, -0.25) is 0 Å². The molecule has 0 atom stereocenters. The molecule has 0 bridgehead atoms. The van der Waals surface area contributed by atoms with Crippen LogP contribution in [0.15, 0.2) is 0 Å². The van der Waals surface area contributed by atoms with Crippen LogP contribution in [0.5, 0.6) is 0 Å². The van der Waals surface area contributed by atoms with Crippen molar-refractivity contribution in [2.45, 2.75) is 107 Å². The van der Waals surface area contributed by atoms with Crippen molar-refractivity contribution in [3.05, 3.63) is 0 Å². The van der Waals surface area contributed by atoms with Crippen molar-refractivity contribution in [2.24, 2.45) is 0 Å². The van der Waals surface area contributed by atoms with Gasteiger partial charge in [0.1, 0.15) is 0 Å². The van der Waals surface area contributed by atoms with E-state index in [0.717, 1.165) is 0 Å². The molecule has 0 fully saturated rings. The minimum absolute atomic E-state index is 0.0204. The normalized spacial score (nSPS) is 12.8. The van der Waals surface area contributed by atoms with Gasteiger partial charge in [-0.1, -0.05) is 117 Å². The predicted molar refractivity (Wildman–Crippen MR) is 124 cm³/mol. The highest BCUT2D eigenvalue weighted by Gasteiger charge is 2.31. The van der Waals surface area contributed by atoms with Crippen LogP contribution in [0.25, 0.3) is 0 Å². The minimum Gasteiger partial charge on any atom is -0.0928 e. The van der Waals surface area contributed by atoms with Gasteiger partial charge in [-0.15, -0.1) is 0 Å². The highest BCUT2D eigenvalue weighted by atomic mass is 79.9. The zero-order chi connectivity index (χ0) is 17.7. The Balaban J connectivity index is 4.71. The number of alkyl halides is 1. The van der Waals surface area contributed by atoms with Gasteiger partial charge in [0, 0.05) is 31.7 Å². The van der Waals surface area contributed by atoms with Gasteiger partial charge in [-0.05, 0) is 6.42 Å². The Kier molecular flexibility index (Phi) is 15.4. The topological polar surface area (TPSA) is 0 Å². The van der Waals surface area contributed by atoms with E-state index in [4.69, 9.17) is 0 Å². The van der Waals surface area contributed by atoms with Crippen molar-refractivity contribution in [1.29, 1.82) is 0 Å². The first-order valence-corrected chi connectivity index (χ1v) is 21.8. The lowest BCUT2D eigenvalue weighted by atomic mass is 10.5. The third-order valence-electron chi connectivity index (χ3n) is 4.99. The molecular formula is C18H42BrSi4. The molecule has 0 spiro atoms. The summed E-state index contributed by atoms with van der Waals surface area (Å²) in [6.07, 6.45) is 6.11. The second-order valence-electron chi connectivity index (χ2n) is 8.47. The second kappa shape index (κ2) is 14.5. The van der Waals surface area contributed by atoms with Gasteiger partial charge in [-0.2, -0.15) is 0 Å². The fourth-order valence-electron chi connectivity index (χ4n) is 3.64. The number of rotatable bonds is 15. The van der Waals surface area contributed by atoms with Gasteiger partial charge in [-0.25, -0.2) is 0 Å². The van der Waals surface area contributed by atoms with Crippen LogP contribution in [0, 0.1) is 0 Å². The van der Waals surface area contributed by atoms with E-state index >= 15 is 0 Å². The van der Waals surface area contributed by atoms with Crippen LogP contribution in [-0.2, 0) is 0 Å². The summed E-state index contributed by atoms with van der Waals surface area (Å²) in [6.45, 7) is 15.0. The largest absolute Gasteiger partial charge is 0.0928 e. The monoisotopic (exact) mass is 449 g/mol. The quantitative estimate of drug-likeness (QED) is 0.177. The van der Waals surface area contributed by atoms with Crippen LogP contribution >= 0.6 is 15.9 Å². The van der Waals surface area contributed by atoms with E-state index in [1.165, 1.54) is 11.8 Å².